The number of nitrogens with zero attached hydrogens (tertiary/aromatic N) is 2. The number of fused-ring (bicyclic) bond motifs is 1. The van der Waals surface area contributed by atoms with E-state index in [4.69, 9.17) is 0 Å². The molecule has 1 N–H and O–H groups in total. The Morgan fingerprint density at radius 2 is 1.92 bits per heavy atom. The van der Waals surface area contributed by atoms with Crippen molar-refractivity contribution in [3.05, 3.63) is 57.0 Å². The standard InChI is InChI=1S/C18H23N3O3S/c1-13-7-8-17(14(2)11-13)25(23,24)19-9-10-21-18(22)12-15-5-3-4-6-16(15)20-21/h7-8,11-12,19H,3-6,9-10H2,1-2H3. The Kier molecular flexibility index (Phi) is 5.06. The van der Waals surface area contributed by atoms with Gasteiger partial charge in [-0.25, -0.2) is 17.8 Å². The Balaban J connectivity index is 1.71. The first kappa shape index (κ1) is 17.8. The molecule has 0 amide bonds. The van der Waals surface area contributed by atoms with Crippen LogP contribution in [0.2, 0.25) is 0 Å². The monoisotopic (exact) mass is 361 g/mol. The first-order valence-corrected chi connectivity index (χ1v) is 10.0. The van der Waals surface area contributed by atoms with Crippen LogP contribution in [0.1, 0.15) is 35.2 Å². The van der Waals surface area contributed by atoms with E-state index >= 15 is 0 Å². The van der Waals surface area contributed by atoms with E-state index in [1.165, 1.54) is 4.68 Å². The smallest absolute Gasteiger partial charge is 0.267 e. The van der Waals surface area contributed by atoms with Gasteiger partial charge >= 0.3 is 0 Å². The predicted molar refractivity (Wildman–Crippen MR) is 96.2 cm³/mol. The van der Waals surface area contributed by atoms with E-state index in [0.29, 0.717) is 5.56 Å². The second-order valence-corrected chi connectivity index (χ2v) is 8.29. The van der Waals surface area contributed by atoms with Crippen molar-refractivity contribution in [3.8, 4) is 0 Å². The number of rotatable bonds is 5. The van der Waals surface area contributed by atoms with Gasteiger partial charge in [0.15, 0.2) is 0 Å². The first-order valence-electron chi connectivity index (χ1n) is 8.54. The molecule has 0 aliphatic heterocycles. The summed E-state index contributed by atoms with van der Waals surface area (Å²) in [6.07, 6.45) is 3.95. The Bertz CT molecular complexity index is 949. The summed E-state index contributed by atoms with van der Waals surface area (Å²) in [5.74, 6) is 0. The van der Waals surface area contributed by atoms with E-state index < -0.39 is 10.0 Å². The minimum atomic E-state index is -3.60. The zero-order valence-corrected chi connectivity index (χ0v) is 15.4. The van der Waals surface area contributed by atoms with Gasteiger partial charge in [-0.15, -0.1) is 0 Å². The highest BCUT2D eigenvalue weighted by Crippen LogP contribution is 2.17. The molecular weight excluding hydrogens is 338 g/mol. The van der Waals surface area contributed by atoms with Crippen LogP contribution in [0.25, 0.3) is 0 Å². The lowest BCUT2D eigenvalue weighted by molar-refractivity contribution is 0.526. The lowest BCUT2D eigenvalue weighted by Gasteiger charge is -2.16. The largest absolute Gasteiger partial charge is 0.268 e. The third-order valence-corrected chi connectivity index (χ3v) is 6.13. The molecule has 134 valence electrons. The highest BCUT2D eigenvalue weighted by Gasteiger charge is 2.17. The maximum atomic E-state index is 12.5. The van der Waals surface area contributed by atoms with Crippen molar-refractivity contribution >= 4 is 10.0 Å². The molecule has 0 fully saturated rings. The van der Waals surface area contributed by atoms with Gasteiger partial charge in [0.1, 0.15) is 0 Å². The van der Waals surface area contributed by atoms with E-state index in [9.17, 15) is 13.2 Å². The molecule has 0 spiro atoms. The highest BCUT2D eigenvalue weighted by atomic mass is 32.2. The van der Waals surface area contributed by atoms with Crippen LogP contribution in [-0.4, -0.2) is 24.7 Å². The summed E-state index contributed by atoms with van der Waals surface area (Å²) >= 11 is 0. The van der Waals surface area contributed by atoms with Crippen LogP contribution in [0, 0.1) is 13.8 Å². The summed E-state index contributed by atoms with van der Waals surface area (Å²) in [6.45, 7) is 4.04. The molecule has 0 unspecified atom stereocenters. The molecule has 0 saturated heterocycles. The maximum absolute atomic E-state index is 12.5. The van der Waals surface area contributed by atoms with Gasteiger partial charge in [-0.2, -0.15) is 5.10 Å². The van der Waals surface area contributed by atoms with Crippen LogP contribution in [0.15, 0.2) is 34.0 Å². The van der Waals surface area contributed by atoms with Gasteiger partial charge in [0.25, 0.3) is 5.56 Å². The molecular formula is C18H23N3O3S. The van der Waals surface area contributed by atoms with Gasteiger partial charge < -0.3 is 0 Å². The molecule has 1 aromatic carbocycles. The van der Waals surface area contributed by atoms with Gasteiger partial charge in [0, 0.05) is 12.6 Å². The van der Waals surface area contributed by atoms with Crippen molar-refractivity contribution in [1.82, 2.24) is 14.5 Å². The number of sulfonamides is 1. The third-order valence-electron chi connectivity index (χ3n) is 4.51. The fourth-order valence-electron chi connectivity index (χ4n) is 3.23. The molecule has 0 bridgehead atoms. The highest BCUT2D eigenvalue weighted by molar-refractivity contribution is 7.89. The zero-order chi connectivity index (χ0) is 18.0. The van der Waals surface area contributed by atoms with Crippen LogP contribution < -0.4 is 10.3 Å². The van der Waals surface area contributed by atoms with Crippen molar-refractivity contribution in [2.75, 3.05) is 6.54 Å². The SMILES string of the molecule is Cc1ccc(S(=O)(=O)NCCn2nc3c(cc2=O)CCCC3)c(C)c1. The summed E-state index contributed by atoms with van der Waals surface area (Å²) in [6, 6.07) is 6.86. The van der Waals surface area contributed by atoms with E-state index in [1.807, 2.05) is 13.0 Å². The fourth-order valence-corrected chi connectivity index (χ4v) is 4.47. The van der Waals surface area contributed by atoms with Gasteiger partial charge in [-0.05, 0) is 56.7 Å². The van der Waals surface area contributed by atoms with Gasteiger partial charge in [-0.3, -0.25) is 4.79 Å². The Morgan fingerprint density at radius 1 is 1.16 bits per heavy atom. The first-order chi connectivity index (χ1) is 11.9. The quantitative estimate of drug-likeness (QED) is 0.879. The minimum Gasteiger partial charge on any atom is -0.268 e. The number of aryl methyl sites for hydroxylation is 4. The number of benzene rings is 1. The summed E-state index contributed by atoms with van der Waals surface area (Å²) < 4.78 is 28.8. The van der Waals surface area contributed by atoms with Crippen molar-refractivity contribution < 1.29 is 8.42 Å². The molecule has 1 heterocycles. The summed E-state index contributed by atoms with van der Waals surface area (Å²) in [5, 5.41) is 4.40. The van der Waals surface area contributed by atoms with Crippen molar-refractivity contribution in [2.24, 2.45) is 0 Å². The number of nitrogens with one attached hydrogen (secondary N) is 1. The van der Waals surface area contributed by atoms with Crippen LogP contribution in [0.4, 0.5) is 0 Å². The van der Waals surface area contributed by atoms with E-state index in [2.05, 4.69) is 9.82 Å². The Hall–Kier alpha value is -1.99. The summed E-state index contributed by atoms with van der Waals surface area (Å²) in [5.41, 5.74) is 3.54. The zero-order valence-electron chi connectivity index (χ0n) is 14.6. The average molecular weight is 361 g/mol. The van der Waals surface area contributed by atoms with Crippen molar-refractivity contribution in [3.63, 3.8) is 0 Å². The third kappa shape index (κ3) is 3.99. The molecule has 6 nitrogen and oxygen atoms in total. The molecule has 2 aromatic rings. The van der Waals surface area contributed by atoms with E-state index in [-0.39, 0.29) is 23.5 Å². The van der Waals surface area contributed by atoms with Gasteiger partial charge in [0.2, 0.25) is 10.0 Å². The van der Waals surface area contributed by atoms with Crippen LogP contribution in [0.3, 0.4) is 0 Å². The lowest BCUT2D eigenvalue weighted by atomic mass is 9.97. The fraction of sp³-hybridized carbons (Fsp3) is 0.444. The lowest BCUT2D eigenvalue weighted by Crippen LogP contribution is -2.33. The topological polar surface area (TPSA) is 81.1 Å². The molecule has 25 heavy (non-hydrogen) atoms. The van der Waals surface area contributed by atoms with E-state index in [1.54, 1.807) is 25.1 Å². The molecule has 3 rings (SSSR count). The molecule has 0 radical (unpaired) electrons. The second-order valence-electron chi connectivity index (χ2n) is 6.55. The average Bonchev–Trinajstić information content (AvgIpc) is 2.54. The molecule has 0 atom stereocenters. The Morgan fingerprint density at radius 3 is 2.68 bits per heavy atom. The number of aromatic nitrogens is 2. The molecule has 1 aliphatic carbocycles. The summed E-state index contributed by atoms with van der Waals surface area (Å²) in [7, 11) is -3.60. The minimum absolute atomic E-state index is 0.126. The molecule has 1 aliphatic rings. The van der Waals surface area contributed by atoms with Crippen molar-refractivity contribution in [2.45, 2.75) is 51.0 Å². The number of hydrogen-bond donors (Lipinski definition) is 1. The van der Waals surface area contributed by atoms with Gasteiger partial charge in [-0.1, -0.05) is 17.7 Å². The van der Waals surface area contributed by atoms with Crippen LogP contribution in [-0.2, 0) is 29.4 Å². The van der Waals surface area contributed by atoms with E-state index in [0.717, 1.165) is 42.5 Å². The molecule has 0 saturated carbocycles. The van der Waals surface area contributed by atoms with Crippen LogP contribution in [0.5, 0.6) is 0 Å². The number of hydrogen-bond acceptors (Lipinski definition) is 4. The normalized spacial score (nSPS) is 14.3. The second kappa shape index (κ2) is 7.09. The molecule has 7 heteroatoms. The molecule has 1 aromatic heterocycles. The maximum Gasteiger partial charge on any atom is 0.267 e. The predicted octanol–water partition coefficient (Wildman–Crippen LogP) is 1.72. The van der Waals surface area contributed by atoms with Crippen LogP contribution >= 0.6 is 0 Å². The Labute approximate surface area is 147 Å². The van der Waals surface area contributed by atoms with Gasteiger partial charge in [0.05, 0.1) is 17.1 Å². The van der Waals surface area contributed by atoms with Crippen molar-refractivity contribution in [1.29, 1.82) is 0 Å². The summed E-state index contributed by atoms with van der Waals surface area (Å²) in [4.78, 5) is 12.4.